The zero-order valence-corrected chi connectivity index (χ0v) is 26.3. The van der Waals surface area contributed by atoms with Crippen LogP contribution in [0.2, 0.25) is 0 Å². The summed E-state index contributed by atoms with van der Waals surface area (Å²) in [6, 6.07) is 7.89. The predicted octanol–water partition coefficient (Wildman–Crippen LogP) is 5.75. The quantitative estimate of drug-likeness (QED) is 0.167. The van der Waals surface area contributed by atoms with Gasteiger partial charge in [-0.1, -0.05) is 95.4 Å². The summed E-state index contributed by atoms with van der Waals surface area (Å²) >= 11 is 0. The van der Waals surface area contributed by atoms with Gasteiger partial charge in [-0.2, -0.15) is 0 Å². The number of carbonyl (C=O) groups excluding carboxylic acids is 3. The summed E-state index contributed by atoms with van der Waals surface area (Å²) in [5.41, 5.74) is 9.61. The second-order valence-corrected chi connectivity index (χ2v) is 11.6. The van der Waals surface area contributed by atoms with E-state index in [9.17, 15) is 14.4 Å². The fourth-order valence-corrected chi connectivity index (χ4v) is 4.82. The average molecular weight is 587 g/mol. The fourth-order valence-electron chi connectivity index (χ4n) is 4.82. The summed E-state index contributed by atoms with van der Waals surface area (Å²) in [7, 11) is 0. The number of benzene rings is 1. The second-order valence-electron chi connectivity index (χ2n) is 11.6. The molecule has 1 unspecified atom stereocenters. The van der Waals surface area contributed by atoms with E-state index in [0.717, 1.165) is 44.1 Å². The van der Waals surface area contributed by atoms with E-state index in [2.05, 4.69) is 12.4 Å². The van der Waals surface area contributed by atoms with Crippen molar-refractivity contribution in [2.24, 2.45) is 11.7 Å². The highest BCUT2D eigenvalue weighted by Crippen LogP contribution is 2.20. The van der Waals surface area contributed by atoms with Gasteiger partial charge >= 0.3 is 0 Å². The number of hydroxylamine groups is 1. The van der Waals surface area contributed by atoms with Crippen LogP contribution in [0, 0.1) is 5.92 Å². The summed E-state index contributed by atoms with van der Waals surface area (Å²) in [6.07, 6.45) is 12.9. The van der Waals surface area contributed by atoms with Crippen LogP contribution in [0.3, 0.4) is 0 Å². The van der Waals surface area contributed by atoms with Crippen molar-refractivity contribution in [1.82, 2.24) is 15.5 Å². The molecular formula is C33H54N4O5. The van der Waals surface area contributed by atoms with Crippen molar-refractivity contribution < 1.29 is 24.0 Å². The molecule has 0 spiro atoms. The van der Waals surface area contributed by atoms with Gasteiger partial charge in [0.1, 0.15) is 6.04 Å². The molecule has 0 aromatic heterocycles. The molecule has 42 heavy (non-hydrogen) atoms. The maximum atomic E-state index is 13.9. The molecule has 1 aromatic carbocycles. The number of ether oxygens (including phenoxy) is 1. The highest BCUT2D eigenvalue weighted by molar-refractivity contribution is 5.90. The Morgan fingerprint density at radius 3 is 2.43 bits per heavy atom. The van der Waals surface area contributed by atoms with E-state index in [1.807, 2.05) is 56.3 Å². The molecule has 1 aliphatic rings. The van der Waals surface area contributed by atoms with Crippen molar-refractivity contribution in [2.45, 2.75) is 123 Å². The molecule has 1 aromatic rings. The minimum atomic E-state index is -1.02. The van der Waals surface area contributed by atoms with Crippen molar-refractivity contribution in [3.8, 4) is 0 Å². The van der Waals surface area contributed by atoms with E-state index in [-0.39, 0.29) is 30.6 Å². The van der Waals surface area contributed by atoms with Gasteiger partial charge in [-0.3, -0.25) is 14.4 Å². The fraction of sp³-hybridized carbons (Fsp3) is 0.667. The van der Waals surface area contributed by atoms with Crippen LogP contribution in [0.15, 0.2) is 36.4 Å². The number of hydrogen-bond donors (Lipinski definition) is 2. The topological polar surface area (TPSA) is 114 Å². The van der Waals surface area contributed by atoms with E-state index in [1.165, 1.54) is 16.4 Å². The SMILES string of the molecule is CCCCCCCCN(C(=O)[C@@H](C)N)N(C(=O)CCC(C)C)[C@@H](CC=Cc1ccccc1)C(=O)NOC1CCCCO1. The van der Waals surface area contributed by atoms with Gasteiger partial charge in [0.15, 0.2) is 6.29 Å². The monoisotopic (exact) mass is 586 g/mol. The first-order valence-electron chi connectivity index (χ1n) is 15.9. The smallest absolute Gasteiger partial charge is 0.268 e. The van der Waals surface area contributed by atoms with Gasteiger partial charge in [0.25, 0.3) is 11.8 Å². The molecule has 0 radical (unpaired) electrons. The molecule has 0 saturated carbocycles. The van der Waals surface area contributed by atoms with Gasteiger partial charge in [0.05, 0.1) is 6.04 Å². The van der Waals surface area contributed by atoms with Crippen LogP contribution in [-0.4, -0.2) is 59.3 Å². The molecule has 0 bridgehead atoms. The first kappa shape index (κ1) is 35.4. The summed E-state index contributed by atoms with van der Waals surface area (Å²) in [5.74, 6) is -0.900. The number of hydrazine groups is 1. The number of nitrogens with one attached hydrogen (secondary N) is 1. The van der Waals surface area contributed by atoms with E-state index >= 15 is 0 Å². The summed E-state index contributed by atoms with van der Waals surface area (Å²) in [6.45, 7) is 8.75. The zero-order chi connectivity index (χ0) is 30.7. The highest BCUT2D eigenvalue weighted by Gasteiger charge is 2.37. The standard InChI is InChI=1S/C33H54N4O5/c1-5-6-7-8-9-14-24-36(33(40)27(4)34)37(30(38)23-22-26(2)3)29(20-16-19-28-17-11-10-12-18-28)32(39)35-42-31-21-13-15-25-41-31/h10-12,16-19,26-27,29,31H,5-9,13-15,20-25,34H2,1-4H3,(H,35,39)/t27-,29+,31?/m1/s1. The molecular weight excluding hydrogens is 532 g/mol. The van der Waals surface area contributed by atoms with Crippen LogP contribution in [-0.2, 0) is 24.0 Å². The molecule has 1 aliphatic heterocycles. The van der Waals surface area contributed by atoms with Crippen molar-refractivity contribution in [2.75, 3.05) is 13.2 Å². The summed E-state index contributed by atoms with van der Waals surface area (Å²) in [4.78, 5) is 46.8. The van der Waals surface area contributed by atoms with E-state index < -0.39 is 24.3 Å². The maximum absolute atomic E-state index is 13.9. The highest BCUT2D eigenvalue weighted by atomic mass is 16.8. The van der Waals surface area contributed by atoms with Crippen LogP contribution < -0.4 is 11.2 Å². The number of nitrogens with two attached hydrogens (primary N) is 1. The van der Waals surface area contributed by atoms with Crippen LogP contribution in [0.1, 0.15) is 110 Å². The van der Waals surface area contributed by atoms with Crippen LogP contribution in [0.25, 0.3) is 6.08 Å². The van der Waals surface area contributed by atoms with Gasteiger partial charge in [-0.05, 0) is 50.5 Å². The molecule has 1 saturated heterocycles. The van der Waals surface area contributed by atoms with Crippen LogP contribution in [0.5, 0.6) is 0 Å². The molecule has 236 valence electrons. The van der Waals surface area contributed by atoms with Crippen molar-refractivity contribution in [3.05, 3.63) is 42.0 Å². The van der Waals surface area contributed by atoms with E-state index in [0.29, 0.717) is 32.4 Å². The van der Waals surface area contributed by atoms with Gasteiger partial charge in [0, 0.05) is 26.0 Å². The lowest BCUT2D eigenvalue weighted by molar-refractivity contribution is -0.206. The number of rotatable bonds is 18. The minimum absolute atomic E-state index is 0.183. The van der Waals surface area contributed by atoms with Crippen molar-refractivity contribution >= 4 is 23.8 Å². The van der Waals surface area contributed by atoms with Crippen LogP contribution >= 0.6 is 0 Å². The number of hydrogen-bond acceptors (Lipinski definition) is 6. The Bertz CT molecular complexity index is 947. The molecule has 1 fully saturated rings. The number of carbonyl (C=O) groups is 3. The van der Waals surface area contributed by atoms with Gasteiger partial charge < -0.3 is 10.5 Å². The predicted molar refractivity (Wildman–Crippen MR) is 166 cm³/mol. The van der Waals surface area contributed by atoms with Crippen LogP contribution in [0.4, 0.5) is 0 Å². The lowest BCUT2D eigenvalue weighted by Gasteiger charge is -2.40. The molecule has 2 rings (SSSR count). The van der Waals surface area contributed by atoms with E-state index in [1.54, 1.807) is 6.92 Å². The van der Waals surface area contributed by atoms with E-state index in [4.69, 9.17) is 15.3 Å². The minimum Gasteiger partial charge on any atom is -0.350 e. The van der Waals surface area contributed by atoms with Gasteiger partial charge in [-0.15, -0.1) is 0 Å². The maximum Gasteiger partial charge on any atom is 0.268 e. The number of nitrogens with zero attached hydrogens (tertiary/aromatic N) is 2. The average Bonchev–Trinajstić information content (AvgIpc) is 2.99. The third kappa shape index (κ3) is 13.0. The normalized spacial score (nSPS) is 16.8. The van der Waals surface area contributed by atoms with Crippen molar-refractivity contribution in [1.29, 1.82) is 0 Å². The first-order valence-corrected chi connectivity index (χ1v) is 15.9. The molecule has 3 amide bonds. The Balaban J connectivity index is 2.38. The Morgan fingerprint density at radius 1 is 1.07 bits per heavy atom. The molecule has 0 aliphatic carbocycles. The Kier molecular flexibility index (Phi) is 17.1. The molecule has 9 nitrogen and oxygen atoms in total. The van der Waals surface area contributed by atoms with Crippen molar-refractivity contribution in [3.63, 3.8) is 0 Å². The summed E-state index contributed by atoms with van der Waals surface area (Å²) in [5, 5.41) is 2.78. The molecule has 9 heteroatoms. The number of unbranched alkanes of at least 4 members (excludes halogenated alkanes) is 5. The third-order valence-electron chi connectivity index (χ3n) is 7.31. The lowest BCUT2D eigenvalue weighted by atomic mass is 10.1. The van der Waals surface area contributed by atoms with Gasteiger partial charge in [-0.25, -0.2) is 20.3 Å². The lowest BCUT2D eigenvalue weighted by Crippen LogP contribution is -2.61. The summed E-state index contributed by atoms with van der Waals surface area (Å²) < 4.78 is 5.62. The zero-order valence-electron chi connectivity index (χ0n) is 26.3. The molecule has 3 N–H and O–H groups in total. The second kappa shape index (κ2) is 20.2. The molecule has 3 atom stereocenters. The number of amides is 3. The Labute approximate surface area is 253 Å². The Hall–Kier alpha value is -2.75. The van der Waals surface area contributed by atoms with Gasteiger partial charge in [0.2, 0.25) is 5.91 Å². The molecule has 1 heterocycles. The first-order chi connectivity index (χ1) is 20.2. The largest absolute Gasteiger partial charge is 0.350 e. The Morgan fingerprint density at radius 2 is 1.79 bits per heavy atom. The third-order valence-corrected chi connectivity index (χ3v) is 7.31.